The Labute approximate surface area is 82.2 Å². The fraction of sp³-hybridized carbons (Fsp3) is 0.500. The molecule has 13 heavy (non-hydrogen) atoms. The van der Waals surface area contributed by atoms with Crippen LogP contribution in [0.4, 0.5) is 0 Å². The molecule has 72 valence electrons. The molecule has 0 bridgehead atoms. The molecule has 1 aromatic heterocycles. The summed E-state index contributed by atoms with van der Waals surface area (Å²) in [6.45, 7) is 6.01. The first-order valence-corrected chi connectivity index (χ1v) is 4.91. The summed E-state index contributed by atoms with van der Waals surface area (Å²) in [4.78, 5) is 0. The topological polar surface area (TPSA) is 63.8 Å². The fourth-order valence-electron chi connectivity index (χ4n) is 1.01. The van der Waals surface area contributed by atoms with Gasteiger partial charge in [-0.15, -0.1) is 0 Å². The van der Waals surface area contributed by atoms with E-state index in [0.717, 1.165) is 24.1 Å². The lowest BCUT2D eigenvalue weighted by atomic mass is 10.0. The molecule has 0 amide bonds. The third-order valence-electron chi connectivity index (χ3n) is 1.93. The lowest BCUT2D eigenvalue weighted by molar-refractivity contribution is 0.535. The molecule has 4 nitrogen and oxygen atoms in total. The summed E-state index contributed by atoms with van der Waals surface area (Å²) < 4.78 is 8.05. The summed E-state index contributed by atoms with van der Waals surface area (Å²) in [5, 5.41) is 0. The number of nitrogens with zero attached hydrogens (tertiary/aromatic N) is 2. The number of hydrazine groups is 1. The highest BCUT2D eigenvalue weighted by Crippen LogP contribution is 2.19. The van der Waals surface area contributed by atoms with Gasteiger partial charge in [-0.25, -0.2) is 0 Å². The fourth-order valence-corrected chi connectivity index (χ4v) is 1.48. The van der Waals surface area contributed by atoms with Crippen molar-refractivity contribution in [2.75, 3.05) is 0 Å². The quantitative estimate of drug-likeness (QED) is 0.426. The Hall–Kier alpha value is -0.780. The number of aromatic nitrogens is 2. The van der Waals surface area contributed by atoms with Crippen molar-refractivity contribution in [2.24, 2.45) is 5.84 Å². The van der Waals surface area contributed by atoms with Crippen LogP contribution in [0.25, 0.3) is 0 Å². The Balaban J connectivity index is 2.58. The van der Waals surface area contributed by atoms with Crippen molar-refractivity contribution in [1.29, 1.82) is 0 Å². The van der Waals surface area contributed by atoms with E-state index in [1.165, 1.54) is 11.7 Å². The number of nitrogens with two attached hydrogens (primary N) is 1. The maximum atomic E-state index is 5.41. The van der Waals surface area contributed by atoms with Crippen LogP contribution in [0.2, 0.25) is 0 Å². The smallest absolute Gasteiger partial charge is 0.0929 e. The first-order chi connectivity index (χ1) is 6.27. The number of nitrogens with one attached hydrogen (secondary N) is 1. The van der Waals surface area contributed by atoms with Gasteiger partial charge in [0.15, 0.2) is 0 Å². The van der Waals surface area contributed by atoms with Gasteiger partial charge in [0.1, 0.15) is 0 Å². The summed E-state index contributed by atoms with van der Waals surface area (Å²) in [6.07, 6.45) is 3.52. The van der Waals surface area contributed by atoms with E-state index in [0.29, 0.717) is 0 Å². The second-order valence-corrected chi connectivity index (χ2v) is 3.42. The first-order valence-electron chi connectivity index (χ1n) is 4.18. The van der Waals surface area contributed by atoms with Gasteiger partial charge in [0.25, 0.3) is 0 Å². The van der Waals surface area contributed by atoms with Crippen molar-refractivity contribution in [1.82, 2.24) is 14.2 Å². The molecule has 3 N–H and O–H groups in total. The molecule has 1 aromatic rings. The van der Waals surface area contributed by atoms with Crippen LogP contribution in [0.5, 0.6) is 0 Å². The summed E-state index contributed by atoms with van der Waals surface area (Å²) in [6, 6.07) is 0.0474. The van der Waals surface area contributed by atoms with Crippen LogP contribution in [0.1, 0.15) is 31.5 Å². The lowest BCUT2D eigenvalue weighted by Gasteiger charge is -2.13. The summed E-state index contributed by atoms with van der Waals surface area (Å²) >= 11 is 1.19. The average Bonchev–Trinajstić information content (AvgIpc) is 2.66. The zero-order valence-electron chi connectivity index (χ0n) is 7.66. The largest absolute Gasteiger partial charge is 0.271 e. The maximum absolute atomic E-state index is 5.41. The van der Waals surface area contributed by atoms with E-state index in [1.54, 1.807) is 6.20 Å². The molecule has 0 saturated heterocycles. The molecule has 0 radical (unpaired) electrons. The second-order valence-electron chi connectivity index (χ2n) is 2.86. The molecule has 0 aliphatic rings. The normalized spacial score (nSPS) is 12.8. The van der Waals surface area contributed by atoms with E-state index in [9.17, 15) is 0 Å². The van der Waals surface area contributed by atoms with Gasteiger partial charge in [0.05, 0.1) is 29.7 Å². The molecular weight excluding hydrogens is 184 g/mol. The van der Waals surface area contributed by atoms with Crippen LogP contribution in [0.15, 0.2) is 18.3 Å². The minimum atomic E-state index is 0.0474. The standard InChI is InChI=1S/C8H14N4S/c1-3-6(2)4-7(11-9)8-5-10-13-12-8/h5,7,11H,2-4,9H2,1H3. The summed E-state index contributed by atoms with van der Waals surface area (Å²) in [5.74, 6) is 5.41. The zero-order valence-corrected chi connectivity index (χ0v) is 8.47. The molecule has 1 unspecified atom stereocenters. The highest BCUT2D eigenvalue weighted by Gasteiger charge is 2.12. The van der Waals surface area contributed by atoms with Gasteiger partial charge in [-0.1, -0.05) is 19.1 Å². The van der Waals surface area contributed by atoms with Crippen LogP contribution in [-0.2, 0) is 0 Å². The van der Waals surface area contributed by atoms with Crippen LogP contribution < -0.4 is 11.3 Å². The third kappa shape index (κ3) is 2.87. The monoisotopic (exact) mass is 198 g/mol. The van der Waals surface area contributed by atoms with E-state index in [-0.39, 0.29) is 6.04 Å². The van der Waals surface area contributed by atoms with Crippen molar-refractivity contribution in [3.05, 3.63) is 24.0 Å². The van der Waals surface area contributed by atoms with Crippen LogP contribution in [0.3, 0.4) is 0 Å². The molecule has 5 heteroatoms. The number of hydrogen-bond donors (Lipinski definition) is 2. The minimum Gasteiger partial charge on any atom is -0.271 e. The van der Waals surface area contributed by atoms with E-state index >= 15 is 0 Å². The van der Waals surface area contributed by atoms with Crippen LogP contribution in [0, 0.1) is 0 Å². The molecule has 1 atom stereocenters. The molecule has 0 fully saturated rings. The number of rotatable bonds is 5. The Morgan fingerprint density at radius 2 is 2.62 bits per heavy atom. The van der Waals surface area contributed by atoms with E-state index in [2.05, 4.69) is 27.7 Å². The molecule has 1 rings (SSSR count). The van der Waals surface area contributed by atoms with Crippen molar-refractivity contribution in [3.8, 4) is 0 Å². The van der Waals surface area contributed by atoms with E-state index in [1.807, 2.05) is 0 Å². The van der Waals surface area contributed by atoms with Crippen molar-refractivity contribution < 1.29 is 0 Å². The Morgan fingerprint density at radius 3 is 3.08 bits per heavy atom. The first kappa shape index (κ1) is 10.3. The van der Waals surface area contributed by atoms with Crippen molar-refractivity contribution in [3.63, 3.8) is 0 Å². The molecular formula is C8H14N4S. The Morgan fingerprint density at radius 1 is 1.85 bits per heavy atom. The molecule has 0 saturated carbocycles. The molecule has 0 aliphatic carbocycles. The highest BCUT2D eigenvalue weighted by molar-refractivity contribution is 6.99. The predicted molar refractivity (Wildman–Crippen MR) is 54.0 cm³/mol. The molecule has 1 heterocycles. The van der Waals surface area contributed by atoms with E-state index < -0.39 is 0 Å². The second kappa shape index (κ2) is 5.06. The van der Waals surface area contributed by atoms with E-state index in [4.69, 9.17) is 5.84 Å². The predicted octanol–water partition coefficient (Wildman–Crippen LogP) is 1.40. The number of hydrogen-bond acceptors (Lipinski definition) is 5. The third-order valence-corrected chi connectivity index (χ3v) is 2.42. The van der Waals surface area contributed by atoms with Gasteiger partial charge in [0.2, 0.25) is 0 Å². The van der Waals surface area contributed by atoms with Gasteiger partial charge >= 0.3 is 0 Å². The molecule has 0 aromatic carbocycles. The average molecular weight is 198 g/mol. The van der Waals surface area contributed by atoms with Crippen molar-refractivity contribution >= 4 is 11.7 Å². The van der Waals surface area contributed by atoms with Crippen molar-refractivity contribution in [2.45, 2.75) is 25.8 Å². The SMILES string of the molecule is C=C(CC)CC(NN)c1cnsn1. The van der Waals surface area contributed by atoms with Gasteiger partial charge in [-0.05, 0) is 12.8 Å². The molecule has 0 spiro atoms. The van der Waals surface area contributed by atoms with Crippen LogP contribution >= 0.6 is 11.7 Å². The van der Waals surface area contributed by atoms with Gasteiger partial charge in [-0.2, -0.15) is 8.75 Å². The van der Waals surface area contributed by atoms with Gasteiger partial charge in [0, 0.05) is 0 Å². The Kier molecular flexibility index (Phi) is 4.01. The summed E-state index contributed by atoms with van der Waals surface area (Å²) in [5.41, 5.74) is 4.77. The van der Waals surface area contributed by atoms with Gasteiger partial charge in [-0.3, -0.25) is 11.3 Å². The zero-order chi connectivity index (χ0) is 9.68. The highest BCUT2D eigenvalue weighted by atomic mass is 32.1. The Bertz CT molecular complexity index is 257. The summed E-state index contributed by atoms with van der Waals surface area (Å²) in [7, 11) is 0. The van der Waals surface area contributed by atoms with Gasteiger partial charge < -0.3 is 0 Å². The molecule has 0 aliphatic heterocycles. The van der Waals surface area contributed by atoms with Crippen LogP contribution in [-0.4, -0.2) is 8.75 Å². The lowest BCUT2D eigenvalue weighted by Crippen LogP contribution is -2.28. The maximum Gasteiger partial charge on any atom is 0.0929 e. The minimum absolute atomic E-state index is 0.0474.